The highest BCUT2D eigenvalue weighted by Crippen LogP contribution is 2.36. The van der Waals surface area contributed by atoms with Crippen molar-refractivity contribution in [2.45, 2.75) is 30.3 Å². The fourth-order valence-electron chi connectivity index (χ4n) is 3.06. The molecule has 0 radical (unpaired) electrons. The van der Waals surface area contributed by atoms with Crippen LogP contribution in [-0.4, -0.2) is 29.3 Å². The van der Waals surface area contributed by atoms with Crippen molar-refractivity contribution in [1.82, 2.24) is 19.1 Å². The number of benzene rings is 2. The summed E-state index contributed by atoms with van der Waals surface area (Å²) < 4.78 is 56.6. The summed E-state index contributed by atoms with van der Waals surface area (Å²) in [5.74, 6) is -1.39. The third-order valence-corrected chi connectivity index (χ3v) is 6.09. The maximum absolute atomic E-state index is 13.8. The van der Waals surface area contributed by atoms with Crippen LogP contribution in [0.1, 0.15) is 18.9 Å². The number of nitrogens with zero attached hydrogens (tertiary/aromatic N) is 3. The van der Waals surface area contributed by atoms with Gasteiger partial charge in [-0.15, -0.1) is 5.10 Å². The van der Waals surface area contributed by atoms with Gasteiger partial charge in [0, 0.05) is 18.2 Å². The molecular formula is C19H18F2N4O3S. The van der Waals surface area contributed by atoms with E-state index in [0.717, 1.165) is 30.5 Å². The number of sulfonamides is 1. The molecule has 0 amide bonds. The van der Waals surface area contributed by atoms with Crippen molar-refractivity contribution in [3.8, 4) is 11.4 Å². The molecule has 0 bridgehead atoms. The maximum atomic E-state index is 13.8. The zero-order valence-electron chi connectivity index (χ0n) is 15.3. The Morgan fingerprint density at radius 1 is 1.10 bits per heavy atom. The highest BCUT2D eigenvalue weighted by molar-refractivity contribution is 7.89. The van der Waals surface area contributed by atoms with E-state index >= 15 is 0 Å². The van der Waals surface area contributed by atoms with E-state index in [0.29, 0.717) is 11.9 Å². The molecule has 29 heavy (non-hydrogen) atoms. The van der Waals surface area contributed by atoms with Crippen LogP contribution >= 0.6 is 0 Å². The first-order chi connectivity index (χ1) is 13.9. The normalized spacial score (nSPS) is 14.3. The van der Waals surface area contributed by atoms with Gasteiger partial charge in [-0.05, 0) is 31.0 Å². The number of nitrogens with one attached hydrogen (secondary N) is 1. The summed E-state index contributed by atoms with van der Waals surface area (Å²) in [5, 5.41) is 4.36. The molecule has 1 aliphatic rings. The Bertz CT molecular complexity index is 1200. The minimum absolute atomic E-state index is 0.0471. The topological polar surface area (TPSA) is 86.0 Å². The Morgan fingerprint density at radius 2 is 1.83 bits per heavy atom. The standard InChI is InChI=1S/C19H18F2N4O3S/c20-14-6-9-16(21)17(12-14)29(27,28)22-10-11-24-19(26)25(15-7-8-15)18(23-24)13-4-2-1-3-5-13/h1-6,9,12,15,22H,7-8,10-11H2. The third kappa shape index (κ3) is 3.99. The van der Waals surface area contributed by atoms with Gasteiger partial charge in [-0.1, -0.05) is 30.3 Å². The number of hydrogen-bond acceptors (Lipinski definition) is 4. The van der Waals surface area contributed by atoms with Crippen LogP contribution in [0.2, 0.25) is 0 Å². The Balaban J connectivity index is 1.55. The largest absolute Gasteiger partial charge is 0.346 e. The highest BCUT2D eigenvalue weighted by Gasteiger charge is 2.30. The highest BCUT2D eigenvalue weighted by atomic mass is 32.2. The molecule has 0 spiro atoms. The monoisotopic (exact) mass is 420 g/mol. The van der Waals surface area contributed by atoms with Crippen LogP contribution in [0.25, 0.3) is 11.4 Å². The molecule has 152 valence electrons. The average molecular weight is 420 g/mol. The molecule has 10 heteroatoms. The number of hydrogen-bond donors (Lipinski definition) is 1. The third-order valence-electron chi connectivity index (χ3n) is 4.61. The van der Waals surface area contributed by atoms with Gasteiger partial charge in [0.05, 0.1) is 6.54 Å². The molecule has 4 rings (SSSR count). The van der Waals surface area contributed by atoms with Gasteiger partial charge in [-0.2, -0.15) is 0 Å². The lowest BCUT2D eigenvalue weighted by atomic mass is 10.2. The van der Waals surface area contributed by atoms with Gasteiger partial charge in [0.2, 0.25) is 10.0 Å². The molecule has 1 saturated carbocycles. The Labute approximate surface area is 165 Å². The molecule has 3 aromatic rings. The summed E-state index contributed by atoms with van der Waals surface area (Å²) in [5.41, 5.74) is 0.458. The fraction of sp³-hybridized carbons (Fsp3) is 0.263. The van der Waals surface area contributed by atoms with Gasteiger partial charge in [-0.25, -0.2) is 31.4 Å². The zero-order chi connectivity index (χ0) is 20.6. The fourth-order valence-corrected chi connectivity index (χ4v) is 4.17. The van der Waals surface area contributed by atoms with E-state index in [4.69, 9.17) is 0 Å². The molecule has 1 heterocycles. The number of aromatic nitrogens is 3. The van der Waals surface area contributed by atoms with Crippen molar-refractivity contribution in [2.75, 3.05) is 6.54 Å². The van der Waals surface area contributed by atoms with E-state index in [2.05, 4.69) is 9.82 Å². The Kier molecular flexibility index (Phi) is 5.05. The molecule has 7 nitrogen and oxygen atoms in total. The Hall–Kier alpha value is -2.85. The van der Waals surface area contributed by atoms with Gasteiger partial charge in [-0.3, -0.25) is 4.57 Å². The first kappa shape index (κ1) is 19.5. The van der Waals surface area contributed by atoms with Crippen molar-refractivity contribution in [1.29, 1.82) is 0 Å². The molecular weight excluding hydrogens is 402 g/mol. The summed E-state index contributed by atoms with van der Waals surface area (Å²) in [6.07, 6.45) is 1.77. The lowest BCUT2D eigenvalue weighted by molar-refractivity contribution is 0.531. The molecule has 0 atom stereocenters. The van der Waals surface area contributed by atoms with Crippen LogP contribution in [0.15, 0.2) is 58.2 Å². The second-order valence-electron chi connectivity index (χ2n) is 6.77. The minimum atomic E-state index is -4.27. The SMILES string of the molecule is O=c1n(CCNS(=O)(=O)c2cc(F)ccc2F)nc(-c2ccccc2)n1C1CC1. The molecule has 1 aromatic heterocycles. The number of rotatable bonds is 7. The van der Waals surface area contributed by atoms with Gasteiger partial charge >= 0.3 is 5.69 Å². The second-order valence-corrected chi connectivity index (χ2v) is 8.50. The smallest absolute Gasteiger partial charge is 0.272 e. The summed E-state index contributed by atoms with van der Waals surface area (Å²) >= 11 is 0. The van der Waals surface area contributed by atoms with E-state index in [1.54, 1.807) is 4.57 Å². The van der Waals surface area contributed by atoms with Crippen LogP contribution in [0, 0.1) is 11.6 Å². The van der Waals surface area contributed by atoms with Crippen LogP contribution < -0.4 is 10.4 Å². The van der Waals surface area contributed by atoms with Crippen molar-refractivity contribution in [3.05, 3.63) is 70.6 Å². The van der Waals surface area contributed by atoms with Crippen molar-refractivity contribution < 1.29 is 17.2 Å². The van der Waals surface area contributed by atoms with Crippen molar-refractivity contribution in [3.63, 3.8) is 0 Å². The molecule has 0 saturated heterocycles. The van der Waals surface area contributed by atoms with Gasteiger partial charge in [0.25, 0.3) is 0 Å². The first-order valence-corrected chi connectivity index (χ1v) is 10.5. The molecule has 0 aliphatic heterocycles. The van der Waals surface area contributed by atoms with E-state index in [9.17, 15) is 22.0 Å². The average Bonchev–Trinajstić information content (AvgIpc) is 3.48. The van der Waals surface area contributed by atoms with Crippen LogP contribution in [0.4, 0.5) is 8.78 Å². The van der Waals surface area contributed by atoms with E-state index in [1.165, 1.54) is 4.68 Å². The summed E-state index contributed by atoms with van der Waals surface area (Å²) in [6, 6.07) is 11.5. The molecule has 0 unspecified atom stereocenters. The number of halogens is 2. The van der Waals surface area contributed by atoms with Crippen LogP contribution in [0.3, 0.4) is 0 Å². The summed E-state index contributed by atoms with van der Waals surface area (Å²) in [7, 11) is -4.27. The van der Waals surface area contributed by atoms with Crippen molar-refractivity contribution >= 4 is 10.0 Å². The summed E-state index contributed by atoms with van der Waals surface area (Å²) in [6.45, 7) is -0.247. The molecule has 1 N–H and O–H groups in total. The van der Waals surface area contributed by atoms with E-state index < -0.39 is 26.6 Å². The van der Waals surface area contributed by atoms with Crippen molar-refractivity contribution in [2.24, 2.45) is 0 Å². The predicted molar refractivity (Wildman–Crippen MR) is 102 cm³/mol. The first-order valence-electron chi connectivity index (χ1n) is 9.06. The minimum Gasteiger partial charge on any atom is -0.272 e. The van der Waals surface area contributed by atoms with Gasteiger partial charge in [0.1, 0.15) is 16.5 Å². The molecule has 1 aliphatic carbocycles. The lowest BCUT2D eigenvalue weighted by Crippen LogP contribution is -2.32. The molecule has 2 aromatic carbocycles. The zero-order valence-corrected chi connectivity index (χ0v) is 16.1. The van der Waals surface area contributed by atoms with E-state index in [1.807, 2.05) is 30.3 Å². The summed E-state index contributed by atoms with van der Waals surface area (Å²) in [4.78, 5) is 12.0. The maximum Gasteiger partial charge on any atom is 0.346 e. The quantitative estimate of drug-likeness (QED) is 0.636. The predicted octanol–water partition coefficient (Wildman–Crippen LogP) is 2.30. The van der Waals surface area contributed by atoms with Crippen LogP contribution in [-0.2, 0) is 16.6 Å². The van der Waals surface area contributed by atoms with E-state index in [-0.39, 0.29) is 24.8 Å². The Morgan fingerprint density at radius 3 is 2.52 bits per heavy atom. The lowest BCUT2D eigenvalue weighted by Gasteiger charge is -2.07. The van der Waals surface area contributed by atoms with Crippen LogP contribution in [0.5, 0.6) is 0 Å². The second kappa shape index (κ2) is 7.53. The molecule has 1 fully saturated rings. The van der Waals surface area contributed by atoms with Gasteiger partial charge < -0.3 is 0 Å². The van der Waals surface area contributed by atoms with Gasteiger partial charge in [0.15, 0.2) is 5.82 Å².